The predicted molar refractivity (Wildman–Crippen MR) is 125 cm³/mol. The Morgan fingerprint density at radius 2 is 1.90 bits per heavy atom. The molecule has 1 saturated heterocycles. The summed E-state index contributed by atoms with van der Waals surface area (Å²) < 4.78 is 0. The third-order valence-corrected chi connectivity index (χ3v) is 6.34. The number of nitrogens with zero attached hydrogens (tertiary/aromatic N) is 1. The number of nitrogens with two attached hydrogens (primary N) is 2. The highest BCUT2D eigenvalue weighted by molar-refractivity contribution is 5.85. The van der Waals surface area contributed by atoms with E-state index in [2.05, 4.69) is 22.3 Å². The van der Waals surface area contributed by atoms with Gasteiger partial charge in [-0.05, 0) is 50.3 Å². The Balaban J connectivity index is 0.00000225. The molecular weight excluding hydrogens is 423 g/mol. The molecule has 1 aliphatic heterocycles. The number of likely N-dealkylation sites (tertiary alicyclic amines) is 1. The molecule has 3 atom stereocenters. The van der Waals surface area contributed by atoms with Gasteiger partial charge in [-0.15, -0.1) is 24.8 Å². The third kappa shape index (κ3) is 7.12. The van der Waals surface area contributed by atoms with E-state index >= 15 is 0 Å². The average molecular weight is 459 g/mol. The van der Waals surface area contributed by atoms with Crippen LogP contribution in [0.3, 0.4) is 0 Å². The zero-order valence-electron chi connectivity index (χ0n) is 17.8. The summed E-state index contributed by atoms with van der Waals surface area (Å²) in [7, 11) is 0. The van der Waals surface area contributed by atoms with Gasteiger partial charge >= 0.3 is 0 Å². The standard InChI is InChI=1S/C22H34N4O2.2ClH/c1-22(24)10-3-2-9-19(22)21(28)25-13-16-6-4-7-17(12-16)14-26-11-5-8-18(15-26)20(23)27;;/h4,6-7,12,18-19H,2-3,5,8-11,13-15,24H2,1H3,(H2,23,27)(H,25,28);2*1H. The normalized spacial score (nSPS) is 26.7. The number of carbonyl (C=O) groups is 2. The van der Waals surface area contributed by atoms with Gasteiger partial charge in [0.25, 0.3) is 0 Å². The van der Waals surface area contributed by atoms with E-state index in [0.29, 0.717) is 6.54 Å². The molecule has 3 rings (SSSR count). The predicted octanol–water partition coefficient (Wildman–Crippen LogP) is 2.75. The number of piperidine rings is 1. The van der Waals surface area contributed by atoms with Crippen molar-refractivity contribution in [3.63, 3.8) is 0 Å². The van der Waals surface area contributed by atoms with E-state index in [0.717, 1.165) is 63.7 Å². The molecular formula is C22H36Cl2N4O2. The molecule has 2 amide bonds. The third-order valence-electron chi connectivity index (χ3n) is 6.34. The van der Waals surface area contributed by atoms with Crippen LogP contribution in [0.2, 0.25) is 0 Å². The van der Waals surface area contributed by atoms with Crippen molar-refractivity contribution in [3.8, 4) is 0 Å². The van der Waals surface area contributed by atoms with Crippen LogP contribution in [0.4, 0.5) is 0 Å². The van der Waals surface area contributed by atoms with E-state index in [1.807, 2.05) is 19.1 Å². The smallest absolute Gasteiger partial charge is 0.225 e. The topological polar surface area (TPSA) is 101 Å². The average Bonchev–Trinajstić information content (AvgIpc) is 2.66. The second-order valence-electron chi connectivity index (χ2n) is 8.82. The van der Waals surface area contributed by atoms with Crippen molar-refractivity contribution in [1.29, 1.82) is 0 Å². The minimum atomic E-state index is -0.407. The van der Waals surface area contributed by atoms with Crippen LogP contribution in [0.5, 0.6) is 0 Å². The van der Waals surface area contributed by atoms with E-state index in [4.69, 9.17) is 11.5 Å². The fourth-order valence-electron chi connectivity index (χ4n) is 4.63. The number of nitrogens with one attached hydrogen (secondary N) is 1. The summed E-state index contributed by atoms with van der Waals surface area (Å²) in [6.45, 7) is 5.03. The molecule has 3 unspecified atom stereocenters. The number of primary amides is 1. The lowest BCUT2D eigenvalue weighted by Gasteiger charge is -2.37. The van der Waals surface area contributed by atoms with Gasteiger partial charge in [0.1, 0.15) is 0 Å². The first-order valence-corrected chi connectivity index (χ1v) is 10.5. The molecule has 1 saturated carbocycles. The maximum Gasteiger partial charge on any atom is 0.225 e. The number of carbonyl (C=O) groups excluding carboxylic acids is 2. The second kappa shape index (κ2) is 11.9. The van der Waals surface area contributed by atoms with Gasteiger partial charge in [0.2, 0.25) is 11.8 Å². The van der Waals surface area contributed by atoms with Gasteiger partial charge in [0.15, 0.2) is 0 Å². The molecule has 0 spiro atoms. The van der Waals surface area contributed by atoms with Crippen molar-refractivity contribution < 1.29 is 9.59 Å². The van der Waals surface area contributed by atoms with Gasteiger partial charge < -0.3 is 16.8 Å². The number of hydrogen-bond donors (Lipinski definition) is 3. The number of hydrogen-bond acceptors (Lipinski definition) is 4. The maximum atomic E-state index is 12.6. The number of benzene rings is 1. The molecule has 2 fully saturated rings. The van der Waals surface area contributed by atoms with Gasteiger partial charge in [-0.1, -0.05) is 37.1 Å². The Bertz CT molecular complexity index is 714. The first kappa shape index (κ1) is 26.7. The van der Waals surface area contributed by atoms with Gasteiger partial charge in [-0.2, -0.15) is 0 Å². The van der Waals surface area contributed by atoms with Gasteiger partial charge in [0, 0.05) is 25.2 Å². The van der Waals surface area contributed by atoms with Gasteiger partial charge in [-0.25, -0.2) is 0 Å². The molecule has 5 N–H and O–H groups in total. The fraction of sp³-hybridized carbons (Fsp3) is 0.636. The number of amides is 2. The molecule has 6 nitrogen and oxygen atoms in total. The molecule has 1 aromatic rings. The first-order chi connectivity index (χ1) is 13.3. The molecule has 1 aliphatic carbocycles. The van der Waals surface area contributed by atoms with Crippen LogP contribution in [-0.4, -0.2) is 35.3 Å². The van der Waals surface area contributed by atoms with Crippen LogP contribution in [0, 0.1) is 11.8 Å². The Morgan fingerprint density at radius 3 is 2.60 bits per heavy atom. The molecule has 0 bridgehead atoms. The summed E-state index contributed by atoms with van der Waals surface area (Å²) in [5.74, 6) is -0.285. The summed E-state index contributed by atoms with van der Waals surface area (Å²) in [5, 5.41) is 3.08. The molecule has 1 heterocycles. The minimum Gasteiger partial charge on any atom is -0.369 e. The van der Waals surface area contributed by atoms with E-state index < -0.39 is 5.54 Å². The maximum absolute atomic E-state index is 12.6. The lowest BCUT2D eigenvalue weighted by molar-refractivity contribution is -0.128. The van der Waals surface area contributed by atoms with E-state index in [1.165, 1.54) is 5.56 Å². The Hall–Kier alpha value is -1.34. The highest BCUT2D eigenvalue weighted by Gasteiger charge is 2.37. The Kier molecular flexibility index (Phi) is 10.6. The summed E-state index contributed by atoms with van der Waals surface area (Å²) in [5.41, 5.74) is 13.7. The Labute approximate surface area is 192 Å². The van der Waals surface area contributed by atoms with Crippen molar-refractivity contribution in [1.82, 2.24) is 10.2 Å². The summed E-state index contributed by atoms with van der Waals surface area (Å²) in [4.78, 5) is 26.4. The monoisotopic (exact) mass is 458 g/mol. The van der Waals surface area contributed by atoms with Gasteiger partial charge in [0.05, 0.1) is 11.8 Å². The SMILES string of the molecule is CC1(N)CCCCC1C(=O)NCc1cccc(CN2CCCC(C(N)=O)C2)c1.Cl.Cl. The molecule has 1 aromatic carbocycles. The number of halogens is 2. The zero-order valence-corrected chi connectivity index (χ0v) is 19.4. The molecule has 170 valence electrons. The van der Waals surface area contributed by atoms with Crippen LogP contribution < -0.4 is 16.8 Å². The number of rotatable bonds is 6. The van der Waals surface area contributed by atoms with Crippen LogP contribution in [0.15, 0.2) is 24.3 Å². The lowest BCUT2D eigenvalue weighted by atomic mass is 9.74. The van der Waals surface area contributed by atoms with Crippen molar-refractivity contribution in [2.24, 2.45) is 23.3 Å². The van der Waals surface area contributed by atoms with E-state index in [1.54, 1.807) is 0 Å². The molecule has 2 aliphatic rings. The van der Waals surface area contributed by atoms with E-state index in [-0.39, 0.29) is 48.5 Å². The van der Waals surface area contributed by atoms with Gasteiger partial charge in [-0.3, -0.25) is 14.5 Å². The minimum absolute atomic E-state index is 0. The lowest BCUT2D eigenvalue weighted by Crippen LogP contribution is -2.52. The van der Waals surface area contributed by atoms with E-state index in [9.17, 15) is 9.59 Å². The fourth-order valence-corrected chi connectivity index (χ4v) is 4.63. The molecule has 0 aromatic heterocycles. The second-order valence-corrected chi connectivity index (χ2v) is 8.82. The van der Waals surface area contributed by atoms with Crippen LogP contribution in [-0.2, 0) is 22.7 Å². The van der Waals surface area contributed by atoms with Crippen molar-refractivity contribution in [2.75, 3.05) is 13.1 Å². The summed E-state index contributed by atoms with van der Waals surface area (Å²) in [6.07, 6.45) is 5.84. The van der Waals surface area contributed by atoms with Crippen LogP contribution in [0.25, 0.3) is 0 Å². The largest absolute Gasteiger partial charge is 0.369 e. The highest BCUT2D eigenvalue weighted by Crippen LogP contribution is 2.31. The van der Waals surface area contributed by atoms with Crippen LogP contribution >= 0.6 is 24.8 Å². The molecule has 8 heteroatoms. The van der Waals surface area contributed by atoms with Crippen molar-refractivity contribution in [3.05, 3.63) is 35.4 Å². The molecule has 0 radical (unpaired) electrons. The van der Waals surface area contributed by atoms with Crippen molar-refractivity contribution >= 4 is 36.6 Å². The highest BCUT2D eigenvalue weighted by atomic mass is 35.5. The summed E-state index contributed by atoms with van der Waals surface area (Å²) in [6, 6.07) is 8.29. The Morgan fingerprint density at radius 1 is 1.17 bits per heavy atom. The first-order valence-electron chi connectivity index (χ1n) is 10.5. The quantitative estimate of drug-likeness (QED) is 0.609. The van der Waals surface area contributed by atoms with Crippen LogP contribution in [0.1, 0.15) is 56.6 Å². The van der Waals surface area contributed by atoms with Crippen molar-refractivity contribution in [2.45, 2.75) is 64.1 Å². The molecule has 30 heavy (non-hydrogen) atoms. The summed E-state index contributed by atoms with van der Waals surface area (Å²) >= 11 is 0. The zero-order chi connectivity index (χ0) is 20.1.